The maximum atomic E-state index is 3.68. The number of nitrogens with one attached hydrogen (secondary N) is 1. The molecule has 2 atom stereocenters. The molecule has 1 fully saturated rings. The number of hydrogen-bond donors (Lipinski definition) is 1. The van der Waals surface area contributed by atoms with Crippen molar-refractivity contribution in [3.05, 3.63) is 28.2 Å². The first-order valence-corrected chi connectivity index (χ1v) is 7.02. The van der Waals surface area contributed by atoms with Gasteiger partial charge in [-0.15, -0.1) is 0 Å². The monoisotopic (exact) mass is 281 g/mol. The molecule has 0 aliphatic heterocycles. The second kappa shape index (κ2) is 5.22. The van der Waals surface area contributed by atoms with Crippen LogP contribution in [0.25, 0.3) is 0 Å². The highest BCUT2D eigenvalue weighted by Crippen LogP contribution is 2.31. The van der Waals surface area contributed by atoms with Gasteiger partial charge in [-0.3, -0.25) is 0 Å². The minimum Gasteiger partial charge on any atom is -0.382 e. The van der Waals surface area contributed by atoms with Crippen LogP contribution in [-0.4, -0.2) is 6.04 Å². The highest BCUT2D eigenvalue weighted by Gasteiger charge is 2.25. The number of aryl methyl sites for hydroxylation is 1. The van der Waals surface area contributed by atoms with E-state index in [0.717, 1.165) is 5.92 Å². The van der Waals surface area contributed by atoms with Gasteiger partial charge in [-0.05, 0) is 43.4 Å². The van der Waals surface area contributed by atoms with Crippen LogP contribution in [-0.2, 0) is 0 Å². The van der Waals surface area contributed by atoms with Crippen molar-refractivity contribution in [3.63, 3.8) is 0 Å². The van der Waals surface area contributed by atoms with E-state index in [1.807, 2.05) is 0 Å². The minimum absolute atomic E-state index is 0.680. The Kier molecular flexibility index (Phi) is 3.91. The van der Waals surface area contributed by atoms with Gasteiger partial charge in [0.1, 0.15) is 0 Å². The lowest BCUT2D eigenvalue weighted by molar-refractivity contribution is 0.489. The lowest BCUT2D eigenvalue weighted by Crippen LogP contribution is -2.23. The summed E-state index contributed by atoms with van der Waals surface area (Å²) in [5.41, 5.74) is 2.55. The quantitative estimate of drug-likeness (QED) is 0.843. The van der Waals surface area contributed by atoms with Gasteiger partial charge in [-0.25, -0.2) is 0 Å². The molecule has 1 aliphatic carbocycles. The molecule has 0 spiro atoms. The van der Waals surface area contributed by atoms with Crippen LogP contribution in [0.2, 0.25) is 0 Å². The summed E-state index contributed by atoms with van der Waals surface area (Å²) < 4.78 is 1.20. The van der Waals surface area contributed by atoms with Crippen molar-refractivity contribution >= 4 is 21.6 Å². The fourth-order valence-corrected chi connectivity index (χ4v) is 2.99. The zero-order valence-corrected chi connectivity index (χ0v) is 11.7. The van der Waals surface area contributed by atoms with Gasteiger partial charge < -0.3 is 5.32 Å². The van der Waals surface area contributed by atoms with Crippen molar-refractivity contribution in [1.82, 2.24) is 0 Å². The molecule has 1 aromatic rings. The SMILES string of the molecule is CCC1CCCC1Nc1ccc(C)c(Br)c1. The molecule has 0 radical (unpaired) electrons. The molecule has 0 bridgehead atoms. The fourth-order valence-electron chi connectivity index (χ4n) is 2.61. The Hall–Kier alpha value is -0.500. The Labute approximate surface area is 107 Å². The average molecular weight is 282 g/mol. The van der Waals surface area contributed by atoms with E-state index in [4.69, 9.17) is 0 Å². The lowest BCUT2D eigenvalue weighted by atomic mass is 10.0. The third-order valence-electron chi connectivity index (χ3n) is 3.71. The Morgan fingerprint density at radius 1 is 1.38 bits per heavy atom. The topological polar surface area (TPSA) is 12.0 Å². The second-order valence-electron chi connectivity index (χ2n) is 4.81. The molecule has 1 N–H and O–H groups in total. The zero-order valence-electron chi connectivity index (χ0n) is 10.1. The summed E-state index contributed by atoms with van der Waals surface area (Å²) in [6.07, 6.45) is 5.39. The van der Waals surface area contributed by atoms with E-state index >= 15 is 0 Å². The lowest BCUT2D eigenvalue weighted by Gasteiger charge is -2.21. The van der Waals surface area contributed by atoms with Crippen molar-refractivity contribution in [2.75, 3.05) is 5.32 Å². The Morgan fingerprint density at radius 3 is 2.88 bits per heavy atom. The summed E-state index contributed by atoms with van der Waals surface area (Å²) in [4.78, 5) is 0. The first-order chi connectivity index (χ1) is 7.70. The Morgan fingerprint density at radius 2 is 2.19 bits per heavy atom. The van der Waals surface area contributed by atoms with E-state index < -0.39 is 0 Å². The van der Waals surface area contributed by atoms with Crippen LogP contribution in [0.5, 0.6) is 0 Å². The van der Waals surface area contributed by atoms with Gasteiger partial charge in [0.25, 0.3) is 0 Å². The van der Waals surface area contributed by atoms with Crippen molar-refractivity contribution < 1.29 is 0 Å². The van der Waals surface area contributed by atoms with Crippen LogP contribution in [0.3, 0.4) is 0 Å². The number of anilines is 1. The highest BCUT2D eigenvalue weighted by atomic mass is 79.9. The van der Waals surface area contributed by atoms with Gasteiger partial charge in [0.15, 0.2) is 0 Å². The van der Waals surface area contributed by atoms with E-state index in [9.17, 15) is 0 Å². The van der Waals surface area contributed by atoms with Gasteiger partial charge >= 0.3 is 0 Å². The molecular formula is C14H20BrN. The van der Waals surface area contributed by atoms with Crippen molar-refractivity contribution in [2.24, 2.45) is 5.92 Å². The number of benzene rings is 1. The number of halogens is 1. The Bertz CT molecular complexity index is 362. The molecule has 16 heavy (non-hydrogen) atoms. The van der Waals surface area contributed by atoms with Crippen molar-refractivity contribution in [3.8, 4) is 0 Å². The van der Waals surface area contributed by atoms with Gasteiger partial charge in [-0.2, -0.15) is 0 Å². The van der Waals surface area contributed by atoms with E-state index in [1.165, 1.54) is 41.4 Å². The first-order valence-electron chi connectivity index (χ1n) is 6.23. The van der Waals surface area contributed by atoms with Crippen molar-refractivity contribution in [2.45, 2.75) is 45.6 Å². The van der Waals surface area contributed by atoms with E-state index in [-0.39, 0.29) is 0 Å². The van der Waals surface area contributed by atoms with Crippen LogP contribution >= 0.6 is 15.9 Å². The molecule has 0 aromatic heterocycles. The molecule has 1 saturated carbocycles. The molecule has 2 unspecified atom stereocenters. The van der Waals surface area contributed by atoms with E-state index in [1.54, 1.807) is 0 Å². The smallest absolute Gasteiger partial charge is 0.0353 e. The maximum Gasteiger partial charge on any atom is 0.0353 e. The van der Waals surface area contributed by atoms with Crippen LogP contribution in [0, 0.1) is 12.8 Å². The normalized spacial score (nSPS) is 24.7. The summed E-state index contributed by atoms with van der Waals surface area (Å²) in [5, 5.41) is 3.68. The van der Waals surface area contributed by atoms with Crippen LogP contribution in [0.4, 0.5) is 5.69 Å². The number of hydrogen-bond acceptors (Lipinski definition) is 1. The summed E-state index contributed by atoms with van der Waals surface area (Å²) in [5.74, 6) is 0.861. The van der Waals surface area contributed by atoms with Gasteiger partial charge in [0, 0.05) is 16.2 Å². The molecule has 0 heterocycles. The molecule has 1 aromatic carbocycles. The van der Waals surface area contributed by atoms with Crippen LogP contribution in [0.15, 0.2) is 22.7 Å². The molecule has 2 heteroatoms. The van der Waals surface area contributed by atoms with Crippen LogP contribution in [0.1, 0.15) is 38.2 Å². The predicted octanol–water partition coefficient (Wildman–Crippen LogP) is 4.75. The van der Waals surface area contributed by atoms with Gasteiger partial charge in [0.2, 0.25) is 0 Å². The van der Waals surface area contributed by atoms with Gasteiger partial charge in [0.05, 0.1) is 0 Å². The summed E-state index contributed by atoms with van der Waals surface area (Å²) in [6, 6.07) is 7.23. The van der Waals surface area contributed by atoms with Crippen LogP contribution < -0.4 is 5.32 Å². The predicted molar refractivity (Wildman–Crippen MR) is 73.9 cm³/mol. The molecule has 0 amide bonds. The molecule has 2 rings (SSSR count). The fraction of sp³-hybridized carbons (Fsp3) is 0.571. The van der Waals surface area contributed by atoms with E-state index in [2.05, 4.69) is 53.3 Å². The molecule has 1 nitrogen and oxygen atoms in total. The average Bonchev–Trinajstić information content (AvgIpc) is 2.71. The Balaban J connectivity index is 2.05. The first kappa shape index (κ1) is 12.0. The summed E-state index contributed by atoms with van der Waals surface area (Å²) >= 11 is 3.59. The number of rotatable bonds is 3. The van der Waals surface area contributed by atoms with Gasteiger partial charge in [-0.1, -0.05) is 41.8 Å². The zero-order chi connectivity index (χ0) is 11.5. The molecule has 1 aliphatic rings. The molecule has 88 valence electrons. The molecule has 0 saturated heterocycles. The highest BCUT2D eigenvalue weighted by molar-refractivity contribution is 9.10. The van der Waals surface area contributed by atoms with E-state index in [0.29, 0.717) is 6.04 Å². The standard InChI is InChI=1S/C14H20BrN/c1-3-11-5-4-6-14(11)16-12-8-7-10(2)13(15)9-12/h7-9,11,14,16H,3-6H2,1-2H3. The largest absolute Gasteiger partial charge is 0.382 e. The summed E-state index contributed by atoms with van der Waals surface area (Å²) in [6.45, 7) is 4.42. The minimum atomic E-state index is 0.680. The molecular weight excluding hydrogens is 262 g/mol. The third-order valence-corrected chi connectivity index (χ3v) is 4.56. The maximum absolute atomic E-state index is 3.68. The second-order valence-corrected chi connectivity index (χ2v) is 5.67. The third kappa shape index (κ3) is 2.60. The summed E-state index contributed by atoms with van der Waals surface area (Å²) in [7, 11) is 0. The van der Waals surface area contributed by atoms with Crippen molar-refractivity contribution in [1.29, 1.82) is 0 Å².